The smallest absolute Gasteiger partial charge is 0.220 e. The SMILES string of the molecule is NC(=O)C1CCN(Cc2cccc(NC3Cc4ccccc4C3)c2)CC1. The van der Waals surface area contributed by atoms with Gasteiger partial charge in [0.2, 0.25) is 5.91 Å². The van der Waals surface area contributed by atoms with Gasteiger partial charge in [0.15, 0.2) is 0 Å². The van der Waals surface area contributed by atoms with Gasteiger partial charge in [-0.1, -0.05) is 36.4 Å². The van der Waals surface area contributed by atoms with Gasteiger partial charge in [-0.2, -0.15) is 0 Å². The quantitative estimate of drug-likeness (QED) is 0.872. The highest BCUT2D eigenvalue weighted by Crippen LogP contribution is 2.25. The number of nitrogens with one attached hydrogen (secondary N) is 1. The number of likely N-dealkylation sites (tertiary alicyclic amines) is 1. The number of anilines is 1. The molecule has 0 spiro atoms. The fourth-order valence-corrected chi connectivity index (χ4v) is 4.29. The Kier molecular flexibility index (Phi) is 4.93. The fourth-order valence-electron chi connectivity index (χ4n) is 4.29. The van der Waals surface area contributed by atoms with Crippen molar-refractivity contribution < 1.29 is 4.79 Å². The van der Waals surface area contributed by atoms with Gasteiger partial charge in [-0.3, -0.25) is 9.69 Å². The number of fused-ring (bicyclic) bond motifs is 1. The molecule has 26 heavy (non-hydrogen) atoms. The molecule has 4 rings (SSSR count). The normalized spacial score (nSPS) is 18.6. The van der Waals surface area contributed by atoms with Crippen LogP contribution in [0.5, 0.6) is 0 Å². The summed E-state index contributed by atoms with van der Waals surface area (Å²) in [6, 6.07) is 18.0. The Balaban J connectivity index is 1.34. The van der Waals surface area contributed by atoms with E-state index < -0.39 is 0 Å². The first-order chi connectivity index (χ1) is 12.7. The molecule has 0 atom stereocenters. The molecule has 4 heteroatoms. The summed E-state index contributed by atoms with van der Waals surface area (Å²) in [6.07, 6.45) is 3.96. The molecule has 2 aromatic carbocycles. The van der Waals surface area contributed by atoms with Crippen LogP contribution >= 0.6 is 0 Å². The van der Waals surface area contributed by atoms with Crippen LogP contribution in [0.2, 0.25) is 0 Å². The fraction of sp³-hybridized carbons (Fsp3) is 0.409. The lowest BCUT2D eigenvalue weighted by Crippen LogP contribution is -2.38. The molecule has 2 aliphatic rings. The third kappa shape index (κ3) is 3.91. The van der Waals surface area contributed by atoms with Crippen molar-refractivity contribution in [2.45, 2.75) is 38.3 Å². The summed E-state index contributed by atoms with van der Waals surface area (Å²) in [5.74, 6) is -0.0864. The van der Waals surface area contributed by atoms with Crippen LogP contribution in [0.1, 0.15) is 29.5 Å². The Labute approximate surface area is 155 Å². The number of hydrogen-bond donors (Lipinski definition) is 2. The number of amides is 1. The second kappa shape index (κ2) is 7.50. The molecule has 1 amide bonds. The van der Waals surface area contributed by atoms with Crippen molar-refractivity contribution in [2.24, 2.45) is 11.7 Å². The molecular formula is C22H27N3O. The maximum atomic E-state index is 11.3. The van der Waals surface area contributed by atoms with E-state index in [9.17, 15) is 4.79 Å². The molecule has 1 fully saturated rings. The average molecular weight is 349 g/mol. The van der Waals surface area contributed by atoms with E-state index in [2.05, 4.69) is 58.7 Å². The van der Waals surface area contributed by atoms with Crippen LogP contribution in [0.25, 0.3) is 0 Å². The Morgan fingerprint density at radius 2 is 1.73 bits per heavy atom. The lowest BCUT2D eigenvalue weighted by Gasteiger charge is -2.30. The van der Waals surface area contributed by atoms with Crippen molar-refractivity contribution in [3.63, 3.8) is 0 Å². The van der Waals surface area contributed by atoms with Crippen LogP contribution in [0, 0.1) is 5.92 Å². The number of rotatable bonds is 5. The summed E-state index contributed by atoms with van der Waals surface area (Å²) in [5.41, 5.74) is 10.9. The van der Waals surface area contributed by atoms with Crippen molar-refractivity contribution in [2.75, 3.05) is 18.4 Å². The lowest BCUT2D eigenvalue weighted by molar-refractivity contribution is -0.123. The van der Waals surface area contributed by atoms with E-state index >= 15 is 0 Å². The van der Waals surface area contributed by atoms with E-state index in [-0.39, 0.29) is 11.8 Å². The van der Waals surface area contributed by atoms with Gasteiger partial charge in [-0.15, -0.1) is 0 Å². The van der Waals surface area contributed by atoms with Gasteiger partial charge in [0.25, 0.3) is 0 Å². The Bertz CT molecular complexity index is 755. The summed E-state index contributed by atoms with van der Waals surface area (Å²) >= 11 is 0. The first kappa shape index (κ1) is 17.1. The van der Waals surface area contributed by atoms with Crippen molar-refractivity contribution in [1.29, 1.82) is 0 Å². The van der Waals surface area contributed by atoms with Gasteiger partial charge in [-0.05, 0) is 67.6 Å². The highest BCUT2D eigenvalue weighted by atomic mass is 16.1. The third-order valence-corrected chi connectivity index (χ3v) is 5.74. The molecule has 4 nitrogen and oxygen atoms in total. The number of carbonyl (C=O) groups excluding carboxylic acids is 1. The maximum Gasteiger partial charge on any atom is 0.220 e. The number of nitrogens with zero attached hydrogens (tertiary/aromatic N) is 1. The molecule has 0 saturated carbocycles. The van der Waals surface area contributed by atoms with Crippen LogP contribution in [-0.2, 0) is 24.2 Å². The second-order valence-corrected chi connectivity index (χ2v) is 7.67. The molecule has 1 heterocycles. The lowest BCUT2D eigenvalue weighted by atomic mass is 9.96. The minimum Gasteiger partial charge on any atom is -0.382 e. The largest absolute Gasteiger partial charge is 0.382 e. The molecule has 1 saturated heterocycles. The zero-order valence-electron chi connectivity index (χ0n) is 15.2. The summed E-state index contributed by atoms with van der Waals surface area (Å²) < 4.78 is 0. The van der Waals surface area contributed by atoms with E-state index in [1.165, 1.54) is 22.4 Å². The molecular weight excluding hydrogens is 322 g/mol. The molecule has 136 valence electrons. The predicted octanol–water partition coefficient (Wildman–Crippen LogP) is 2.96. The minimum atomic E-state index is -0.145. The molecule has 0 aromatic heterocycles. The summed E-state index contributed by atoms with van der Waals surface area (Å²) in [4.78, 5) is 13.7. The van der Waals surface area contributed by atoms with Crippen LogP contribution in [-0.4, -0.2) is 29.9 Å². The van der Waals surface area contributed by atoms with E-state index in [4.69, 9.17) is 5.73 Å². The number of benzene rings is 2. The number of hydrogen-bond acceptors (Lipinski definition) is 3. The van der Waals surface area contributed by atoms with Crippen LogP contribution in [0.4, 0.5) is 5.69 Å². The number of nitrogens with two attached hydrogens (primary N) is 1. The van der Waals surface area contributed by atoms with Crippen LogP contribution in [0.15, 0.2) is 48.5 Å². The molecule has 0 unspecified atom stereocenters. The maximum absolute atomic E-state index is 11.3. The standard InChI is InChI=1S/C22H27N3O/c23-22(26)17-8-10-25(11-9-17)15-16-4-3-7-20(12-16)24-21-13-18-5-1-2-6-19(18)14-21/h1-7,12,17,21,24H,8-11,13-15H2,(H2,23,26). The van der Waals surface area contributed by atoms with E-state index in [1.54, 1.807) is 0 Å². The zero-order valence-corrected chi connectivity index (χ0v) is 15.2. The summed E-state index contributed by atoms with van der Waals surface area (Å²) in [6.45, 7) is 2.83. The number of piperidine rings is 1. The molecule has 2 aromatic rings. The van der Waals surface area contributed by atoms with Gasteiger partial charge >= 0.3 is 0 Å². The average Bonchev–Trinajstić information content (AvgIpc) is 3.04. The molecule has 1 aliphatic heterocycles. The Morgan fingerprint density at radius 1 is 1.04 bits per heavy atom. The molecule has 1 aliphatic carbocycles. The summed E-state index contributed by atoms with van der Waals surface area (Å²) in [7, 11) is 0. The number of carbonyl (C=O) groups is 1. The van der Waals surface area contributed by atoms with Crippen LogP contribution in [0.3, 0.4) is 0 Å². The van der Waals surface area contributed by atoms with E-state index in [0.29, 0.717) is 6.04 Å². The van der Waals surface area contributed by atoms with Gasteiger partial charge in [-0.25, -0.2) is 0 Å². The minimum absolute atomic E-state index is 0.0586. The Morgan fingerprint density at radius 3 is 2.38 bits per heavy atom. The predicted molar refractivity (Wildman–Crippen MR) is 105 cm³/mol. The van der Waals surface area contributed by atoms with Crippen molar-refractivity contribution >= 4 is 11.6 Å². The highest BCUT2D eigenvalue weighted by Gasteiger charge is 2.23. The monoisotopic (exact) mass is 349 g/mol. The van der Waals surface area contributed by atoms with Gasteiger partial charge in [0.1, 0.15) is 0 Å². The second-order valence-electron chi connectivity index (χ2n) is 7.67. The summed E-state index contributed by atoms with van der Waals surface area (Å²) in [5, 5.41) is 3.71. The van der Waals surface area contributed by atoms with E-state index in [0.717, 1.165) is 45.3 Å². The molecule has 0 radical (unpaired) electrons. The first-order valence-electron chi connectivity index (χ1n) is 9.61. The van der Waals surface area contributed by atoms with E-state index in [1.807, 2.05) is 0 Å². The Hall–Kier alpha value is -2.33. The molecule has 0 bridgehead atoms. The highest BCUT2D eigenvalue weighted by molar-refractivity contribution is 5.76. The first-order valence-corrected chi connectivity index (χ1v) is 9.61. The molecule has 3 N–H and O–H groups in total. The van der Waals surface area contributed by atoms with Gasteiger partial charge in [0, 0.05) is 24.2 Å². The van der Waals surface area contributed by atoms with Crippen molar-refractivity contribution in [3.05, 3.63) is 65.2 Å². The third-order valence-electron chi connectivity index (χ3n) is 5.74. The van der Waals surface area contributed by atoms with Crippen LogP contribution < -0.4 is 11.1 Å². The van der Waals surface area contributed by atoms with Gasteiger partial charge < -0.3 is 11.1 Å². The van der Waals surface area contributed by atoms with Gasteiger partial charge in [0.05, 0.1) is 0 Å². The zero-order chi connectivity index (χ0) is 17.9. The van der Waals surface area contributed by atoms with Crippen molar-refractivity contribution in [3.8, 4) is 0 Å². The number of primary amides is 1. The van der Waals surface area contributed by atoms with Crippen molar-refractivity contribution in [1.82, 2.24) is 4.90 Å². The topological polar surface area (TPSA) is 58.4 Å².